The van der Waals surface area contributed by atoms with Crippen molar-refractivity contribution < 1.29 is 45.5 Å². The van der Waals surface area contributed by atoms with E-state index in [2.05, 4.69) is 15.6 Å². The van der Waals surface area contributed by atoms with Crippen LogP contribution in [0.25, 0.3) is 0 Å². The lowest BCUT2D eigenvalue weighted by Gasteiger charge is -2.41. The van der Waals surface area contributed by atoms with Crippen molar-refractivity contribution in [3.63, 3.8) is 0 Å². The lowest BCUT2D eigenvalue weighted by molar-refractivity contribution is -0.143. The molecule has 2 heterocycles. The number of carbonyl (C=O) groups is 4. The third-order valence-corrected chi connectivity index (χ3v) is 8.14. The number of halogens is 6. The maximum atomic E-state index is 13.8. The van der Waals surface area contributed by atoms with Crippen LogP contribution in [0.1, 0.15) is 62.5 Å². The van der Waals surface area contributed by atoms with Gasteiger partial charge in [0, 0.05) is 23.6 Å². The number of anilines is 1. The number of aromatic nitrogens is 1. The Balaban J connectivity index is 1.47. The molecule has 226 valence electrons. The standard InChI is InChI=1S/C28H22F6N4O4S/c29-27(30,31)16-10-15(11-17(12-16)28(32,33)34)14-38-20-5-2-1-4-18(20)21(39)13-19(24(38)41)36-25(42)26(6-3-7-26)37-22(40)23-35-8-9-43-23/h1-2,4-5,8-12,19H,3,6-7,13-14H2,(H,36,42)(H,37,40)/t19-/m1/s1. The molecule has 15 heteroatoms. The van der Waals surface area contributed by atoms with Gasteiger partial charge < -0.3 is 15.5 Å². The van der Waals surface area contributed by atoms with Gasteiger partial charge >= 0.3 is 12.4 Å². The van der Waals surface area contributed by atoms with Gasteiger partial charge in [0.2, 0.25) is 11.8 Å². The number of para-hydroxylation sites is 1. The number of amides is 3. The molecule has 8 nitrogen and oxygen atoms in total. The first-order chi connectivity index (χ1) is 20.2. The van der Waals surface area contributed by atoms with E-state index in [1.807, 2.05) is 0 Å². The Labute approximate surface area is 244 Å². The fraction of sp³-hybridized carbons (Fsp3) is 0.321. The van der Waals surface area contributed by atoms with Crippen LogP contribution in [0.15, 0.2) is 54.0 Å². The van der Waals surface area contributed by atoms with E-state index in [1.54, 1.807) is 5.38 Å². The fourth-order valence-electron chi connectivity index (χ4n) is 5.05. The van der Waals surface area contributed by atoms with Crippen LogP contribution >= 0.6 is 11.3 Å². The fourth-order valence-corrected chi connectivity index (χ4v) is 5.58. The Morgan fingerprint density at radius 2 is 1.65 bits per heavy atom. The number of thiazole rings is 1. The Morgan fingerprint density at radius 3 is 2.21 bits per heavy atom. The lowest BCUT2D eigenvalue weighted by Crippen LogP contribution is -2.65. The highest BCUT2D eigenvalue weighted by Crippen LogP contribution is 2.38. The Hall–Kier alpha value is -4.27. The Bertz CT molecular complexity index is 1550. The minimum atomic E-state index is -5.11. The SMILES string of the molecule is O=C(NC1(C(=O)N[C@@H]2CC(=O)c3ccccc3N(Cc3cc(C(F)(F)F)cc(C(F)(F)F)c3)C2=O)CCC1)c1nccs1. The summed E-state index contributed by atoms with van der Waals surface area (Å²) < 4.78 is 81.1. The zero-order valence-electron chi connectivity index (χ0n) is 22.0. The Kier molecular flexibility index (Phi) is 7.79. The Morgan fingerprint density at radius 1 is 1.00 bits per heavy atom. The van der Waals surface area contributed by atoms with Crippen molar-refractivity contribution in [1.29, 1.82) is 0 Å². The quantitative estimate of drug-likeness (QED) is 0.370. The second-order valence-electron chi connectivity index (χ2n) is 10.2. The molecule has 1 aliphatic carbocycles. The first-order valence-electron chi connectivity index (χ1n) is 12.9. The number of ketones is 1. The number of hydrogen-bond donors (Lipinski definition) is 2. The molecule has 3 amide bonds. The predicted molar refractivity (Wildman–Crippen MR) is 141 cm³/mol. The monoisotopic (exact) mass is 624 g/mol. The van der Waals surface area contributed by atoms with Crippen LogP contribution in [0.4, 0.5) is 32.0 Å². The van der Waals surface area contributed by atoms with Crippen molar-refractivity contribution in [2.75, 3.05) is 4.90 Å². The van der Waals surface area contributed by atoms with Gasteiger partial charge in [0.25, 0.3) is 5.91 Å². The number of nitrogens with one attached hydrogen (secondary N) is 2. The average Bonchev–Trinajstić information content (AvgIpc) is 3.44. The summed E-state index contributed by atoms with van der Waals surface area (Å²) in [5.41, 5.74) is -5.02. The van der Waals surface area contributed by atoms with Crippen molar-refractivity contribution in [3.8, 4) is 0 Å². The lowest BCUT2D eigenvalue weighted by atomic mass is 9.75. The maximum Gasteiger partial charge on any atom is 0.416 e. The van der Waals surface area contributed by atoms with Crippen molar-refractivity contribution in [2.24, 2.45) is 0 Å². The number of Topliss-reactive ketones (excluding diaryl/α,β-unsaturated/α-hetero) is 1. The molecule has 3 aromatic rings. The van der Waals surface area contributed by atoms with Crippen molar-refractivity contribution >= 4 is 40.5 Å². The molecule has 1 aromatic heterocycles. The summed E-state index contributed by atoms with van der Waals surface area (Å²) in [4.78, 5) is 57.9. The van der Waals surface area contributed by atoms with Crippen molar-refractivity contribution in [2.45, 2.75) is 56.2 Å². The second kappa shape index (κ2) is 11.1. The summed E-state index contributed by atoms with van der Waals surface area (Å²) in [6.07, 6.45) is -8.27. The molecule has 1 saturated carbocycles. The minimum Gasteiger partial charge on any atom is -0.342 e. The molecule has 1 aliphatic heterocycles. The van der Waals surface area contributed by atoms with E-state index in [0.717, 1.165) is 16.2 Å². The van der Waals surface area contributed by atoms with E-state index in [0.29, 0.717) is 18.6 Å². The maximum absolute atomic E-state index is 13.8. The van der Waals surface area contributed by atoms with Gasteiger partial charge in [-0.3, -0.25) is 19.2 Å². The van der Waals surface area contributed by atoms with Crippen LogP contribution in [0.2, 0.25) is 0 Å². The van der Waals surface area contributed by atoms with Gasteiger partial charge in [-0.05, 0) is 55.2 Å². The smallest absolute Gasteiger partial charge is 0.342 e. The van der Waals surface area contributed by atoms with E-state index >= 15 is 0 Å². The normalized spacial score (nSPS) is 18.4. The number of carbonyl (C=O) groups excluding carboxylic acids is 4. The number of rotatable bonds is 6. The summed E-state index contributed by atoms with van der Waals surface area (Å²) >= 11 is 1.05. The third kappa shape index (κ3) is 6.12. The molecule has 2 aromatic carbocycles. The van der Waals surface area contributed by atoms with Gasteiger partial charge in [-0.15, -0.1) is 11.3 Å². The molecule has 0 saturated heterocycles. The minimum absolute atomic E-state index is 0.00560. The predicted octanol–water partition coefficient (Wildman–Crippen LogP) is 5.14. The van der Waals surface area contributed by atoms with Gasteiger partial charge in [0.15, 0.2) is 10.8 Å². The molecule has 0 radical (unpaired) electrons. The number of fused-ring (bicyclic) bond motifs is 1. The molecule has 1 fully saturated rings. The van der Waals surface area contributed by atoms with Gasteiger partial charge in [-0.1, -0.05) is 12.1 Å². The highest BCUT2D eigenvalue weighted by atomic mass is 32.1. The zero-order valence-corrected chi connectivity index (χ0v) is 22.8. The van der Waals surface area contributed by atoms with E-state index in [1.165, 1.54) is 30.5 Å². The van der Waals surface area contributed by atoms with Crippen LogP contribution in [0.5, 0.6) is 0 Å². The summed E-state index contributed by atoms with van der Waals surface area (Å²) in [7, 11) is 0. The first-order valence-corrected chi connectivity index (χ1v) is 13.8. The number of benzene rings is 2. The summed E-state index contributed by atoms with van der Waals surface area (Å²) in [6, 6.07) is 5.12. The van der Waals surface area contributed by atoms with Crippen molar-refractivity contribution in [3.05, 3.63) is 81.3 Å². The average molecular weight is 625 g/mol. The highest BCUT2D eigenvalue weighted by Gasteiger charge is 2.48. The van der Waals surface area contributed by atoms with Gasteiger partial charge in [0.1, 0.15) is 11.6 Å². The molecule has 0 bridgehead atoms. The van der Waals surface area contributed by atoms with Gasteiger partial charge in [-0.2, -0.15) is 26.3 Å². The van der Waals surface area contributed by atoms with Gasteiger partial charge in [0.05, 0.1) is 23.4 Å². The number of alkyl halides is 6. The van der Waals surface area contributed by atoms with Gasteiger partial charge in [-0.25, -0.2) is 4.98 Å². The molecule has 0 unspecified atom stereocenters. The summed E-state index contributed by atoms with van der Waals surface area (Å²) in [5, 5.41) is 6.85. The molecule has 43 heavy (non-hydrogen) atoms. The topological polar surface area (TPSA) is 108 Å². The molecule has 1 atom stereocenters. The molecular weight excluding hydrogens is 602 g/mol. The van der Waals surface area contributed by atoms with Crippen LogP contribution in [-0.4, -0.2) is 40.1 Å². The molecule has 2 aliphatic rings. The molecule has 5 rings (SSSR count). The molecule has 0 spiro atoms. The summed E-state index contributed by atoms with van der Waals surface area (Å²) in [5.74, 6) is -2.85. The van der Waals surface area contributed by atoms with Crippen LogP contribution in [0.3, 0.4) is 0 Å². The highest BCUT2D eigenvalue weighted by molar-refractivity contribution is 7.11. The molecule has 2 N–H and O–H groups in total. The number of nitrogens with zero attached hydrogens (tertiary/aromatic N) is 2. The summed E-state index contributed by atoms with van der Waals surface area (Å²) in [6.45, 7) is -0.756. The van der Waals surface area contributed by atoms with E-state index in [4.69, 9.17) is 0 Å². The van der Waals surface area contributed by atoms with Crippen molar-refractivity contribution in [1.82, 2.24) is 15.6 Å². The second-order valence-corrected chi connectivity index (χ2v) is 11.1. The first kappa shape index (κ1) is 30.2. The van der Waals surface area contributed by atoms with E-state index in [-0.39, 0.29) is 35.2 Å². The van der Waals surface area contributed by atoms with Crippen LogP contribution in [0, 0.1) is 0 Å². The number of hydrogen-bond acceptors (Lipinski definition) is 6. The largest absolute Gasteiger partial charge is 0.416 e. The van der Waals surface area contributed by atoms with E-state index < -0.39 is 77.1 Å². The molecular formula is C28H22F6N4O4S. The zero-order chi connectivity index (χ0) is 31.2. The van der Waals surface area contributed by atoms with E-state index in [9.17, 15) is 45.5 Å². The van der Waals surface area contributed by atoms with Crippen LogP contribution in [-0.2, 0) is 28.5 Å². The third-order valence-electron chi connectivity index (χ3n) is 7.36. The van der Waals surface area contributed by atoms with Crippen LogP contribution < -0.4 is 15.5 Å².